The molecule has 0 amide bonds. The van der Waals surface area contributed by atoms with Gasteiger partial charge in [0.2, 0.25) is 0 Å². The molecule has 0 aliphatic rings. The molecule has 0 rings (SSSR count). The molecule has 0 radical (unpaired) electrons. The van der Waals surface area contributed by atoms with Gasteiger partial charge in [0.15, 0.2) is 0 Å². The van der Waals surface area contributed by atoms with Gasteiger partial charge < -0.3 is 0 Å². The summed E-state index contributed by atoms with van der Waals surface area (Å²) in [6.07, 6.45) is 0. The first-order chi connectivity index (χ1) is 5.21. The fourth-order valence-electron chi connectivity index (χ4n) is 0.391. The first-order valence-electron chi connectivity index (χ1n) is 4.06. The Hall–Kier alpha value is 0.959. The van der Waals surface area contributed by atoms with Crippen molar-refractivity contribution >= 4 is 26.3 Å². The van der Waals surface area contributed by atoms with E-state index in [2.05, 4.69) is 42.3 Å². The molecule has 0 bridgehead atoms. The van der Waals surface area contributed by atoms with Crippen molar-refractivity contribution in [2.24, 2.45) is 0 Å². The molecule has 0 atom stereocenters. The predicted molar refractivity (Wildman–Crippen MR) is 57.3 cm³/mol. The van der Waals surface area contributed by atoms with Gasteiger partial charge in [0.25, 0.3) is 0 Å². The Balaban J connectivity index is 3.35. The molecular weight excluding hydrogens is 282 g/mol. The van der Waals surface area contributed by atoms with E-state index in [0.717, 1.165) is 35.2 Å². The Labute approximate surface area is 88.3 Å². The van der Waals surface area contributed by atoms with Gasteiger partial charge in [0.05, 0.1) is 0 Å². The molecule has 0 heterocycles. The molecule has 0 aliphatic heterocycles. The molecule has 0 aromatic heterocycles. The third-order valence-electron chi connectivity index (χ3n) is 0.963. The van der Waals surface area contributed by atoms with E-state index in [0.29, 0.717) is 0 Å². The van der Waals surface area contributed by atoms with Crippen molar-refractivity contribution in [2.45, 2.75) is 0 Å². The topological polar surface area (TPSA) is 0 Å². The van der Waals surface area contributed by atoms with Gasteiger partial charge >= 0.3 is 88.4 Å². The first-order valence-corrected chi connectivity index (χ1v) is 10.8. The molecular formula is C8H22N2Se2+2. The van der Waals surface area contributed by atoms with Gasteiger partial charge in [-0.25, -0.2) is 0 Å². The van der Waals surface area contributed by atoms with Crippen LogP contribution in [-0.2, 0) is 0 Å². The van der Waals surface area contributed by atoms with Crippen molar-refractivity contribution in [3.8, 4) is 0 Å². The molecule has 0 unspecified atom stereocenters. The molecule has 12 heavy (non-hydrogen) atoms. The number of quaternary nitrogens is 2. The van der Waals surface area contributed by atoms with E-state index in [1.54, 1.807) is 0 Å². The van der Waals surface area contributed by atoms with Crippen molar-refractivity contribution < 1.29 is 8.97 Å². The molecule has 74 valence electrons. The maximum atomic E-state index is 2.28. The van der Waals surface area contributed by atoms with E-state index in [-0.39, 0.29) is 0 Å². The van der Waals surface area contributed by atoms with Gasteiger partial charge in [-0.15, -0.1) is 0 Å². The number of hydrogen-bond donors (Lipinski definition) is 0. The molecule has 0 aromatic carbocycles. The summed E-state index contributed by atoms with van der Waals surface area (Å²) >= 11 is 1.77. The fourth-order valence-corrected chi connectivity index (χ4v) is 10.6. The minimum absolute atomic E-state index is 0.886. The van der Waals surface area contributed by atoms with Crippen LogP contribution < -0.4 is 0 Å². The van der Waals surface area contributed by atoms with Crippen molar-refractivity contribution in [3.05, 3.63) is 0 Å². The summed E-state index contributed by atoms with van der Waals surface area (Å²) < 4.78 is 2.28. The Morgan fingerprint density at radius 2 is 0.917 bits per heavy atom. The van der Waals surface area contributed by atoms with Crippen LogP contribution in [0.1, 0.15) is 0 Å². The number of rotatable bonds is 5. The van der Waals surface area contributed by atoms with Crippen LogP contribution in [0.4, 0.5) is 0 Å². The van der Waals surface area contributed by atoms with Crippen molar-refractivity contribution in [2.75, 3.05) is 53.2 Å². The Morgan fingerprint density at radius 3 is 1.08 bits per heavy atom. The third kappa shape index (κ3) is 11.0. The van der Waals surface area contributed by atoms with Crippen LogP contribution in [0.15, 0.2) is 0 Å². The summed E-state index contributed by atoms with van der Waals surface area (Å²) in [6.45, 7) is 0. The number of hydrogen-bond acceptors (Lipinski definition) is 0. The van der Waals surface area contributed by atoms with E-state index in [9.17, 15) is 0 Å². The van der Waals surface area contributed by atoms with Crippen LogP contribution >= 0.6 is 0 Å². The normalized spacial score (nSPS) is 13.5. The minimum atomic E-state index is 0.886. The summed E-state index contributed by atoms with van der Waals surface area (Å²) in [6, 6.07) is 0. The first kappa shape index (κ1) is 13.0. The summed E-state index contributed by atoms with van der Waals surface area (Å²) in [4.78, 5) is 0. The number of nitrogens with zero attached hydrogens (tertiary/aromatic N) is 2. The Morgan fingerprint density at radius 1 is 0.667 bits per heavy atom. The zero-order chi connectivity index (χ0) is 9.83. The molecule has 0 saturated carbocycles. The zero-order valence-electron chi connectivity index (χ0n) is 9.13. The maximum absolute atomic E-state index is 2.28. The summed E-state index contributed by atoms with van der Waals surface area (Å²) in [5.41, 5.74) is 2.76. The SMILES string of the molecule is C[N+](C)(C)C[Se][Se]C[N+](C)(C)C. The molecule has 2 nitrogen and oxygen atoms in total. The summed E-state index contributed by atoms with van der Waals surface area (Å²) in [5, 5.41) is 0. The Bertz CT molecular complexity index is 108. The standard InChI is InChI=1S/C8H22N2Se2/c1-9(2,3)7-11-12-8-10(4,5)6/h7-8H2,1-6H3/q+2. The molecule has 0 aromatic rings. The van der Waals surface area contributed by atoms with Gasteiger partial charge in [-0.05, 0) is 0 Å². The van der Waals surface area contributed by atoms with Crippen molar-refractivity contribution in [1.82, 2.24) is 0 Å². The molecule has 0 saturated heterocycles. The summed E-state index contributed by atoms with van der Waals surface area (Å²) in [5.74, 6) is 0. The molecule has 0 N–H and O–H groups in total. The van der Waals surface area contributed by atoms with E-state index in [1.165, 1.54) is 10.9 Å². The monoisotopic (exact) mass is 306 g/mol. The van der Waals surface area contributed by atoms with Gasteiger partial charge in [0.1, 0.15) is 0 Å². The molecule has 0 aliphatic carbocycles. The van der Waals surface area contributed by atoms with Gasteiger partial charge in [-0.3, -0.25) is 0 Å². The van der Waals surface area contributed by atoms with E-state index >= 15 is 0 Å². The average molecular weight is 304 g/mol. The van der Waals surface area contributed by atoms with Gasteiger partial charge in [-0.1, -0.05) is 0 Å². The van der Waals surface area contributed by atoms with Crippen LogP contribution in [0.2, 0.25) is 0 Å². The molecule has 0 spiro atoms. The van der Waals surface area contributed by atoms with Gasteiger partial charge in [-0.2, -0.15) is 0 Å². The van der Waals surface area contributed by atoms with Crippen LogP contribution in [-0.4, -0.2) is 88.4 Å². The average Bonchev–Trinajstić information content (AvgIpc) is 1.76. The second-order valence-electron chi connectivity index (χ2n) is 5.07. The fraction of sp³-hybridized carbons (Fsp3) is 1.00. The molecule has 0 fully saturated rings. The second-order valence-corrected chi connectivity index (χ2v) is 12.3. The van der Waals surface area contributed by atoms with Crippen LogP contribution in [0.25, 0.3) is 0 Å². The quantitative estimate of drug-likeness (QED) is 0.370. The second kappa shape index (κ2) is 4.99. The van der Waals surface area contributed by atoms with Crippen molar-refractivity contribution in [1.29, 1.82) is 0 Å². The van der Waals surface area contributed by atoms with E-state index in [4.69, 9.17) is 0 Å². The van der Waals surface area contributed by atoms with Gasteiger partial charge in [0, 0.05) is 0 Å². The molecule has 4 heteroatoms. The zero-order valence-corrected chi connectivity index (χ0v) is 12.6. The Kier molecular flexibility index (Phi) is 5.39. The van der Waals surface area contributed by atoms with Crippen molar-refractivity contribution in [3.63, 3.8) is 0 Å². The summed E-state index contributed by atoms with van der Waals surface area (Å²) in [7, 11) is 13.7. The third-order valence-corrected chi connectivity index (χ3v) is 9.12. The van der Waals surface area contributed by atoms with E-state index in [1.807, 2.05) is 0 Å². The van der Waals surface area contributed by atoms with Crippen LogP contribution in [0.3, 0.4) is 0 Å². The van der Waals surface area contributed by atoms with Crippen LogP contribution in [0.5, 0.6) is 0 Å². The van der Waals surface area contributed by atoms with Crippen LogP contribution in [0, 0.1) is 0 Å². The predicted octanol–water partition coefficient (Wildman–Crippen LogP) is -0.363. The van der Waals surface area contributed by atoms with E-state index < -0.39 is 0 Å².